The van der Waals surface area contributed by atoms with E-state index >= 15 is 0 Å². The van der Waals surface area contributed by atoms with Crippen LogP contribution in [0.5, 0.6) is 11.5 Å². The average Bonchev–Trinajstić information content (AvgIpc) is 3.48. The normalized spacial score (nSPS) is 15.9. The first kappa shape index (κ1) is 25.1. The number of aromatic nitrogens is 1. The molecule has 2 nitrogen and oxygen atoms in total. The third-order valence-electron chi connectivity index (χ3n) is 10.6. The van der Waals surface area contributed by atoms with Gasteiger partial charge in [0.15, 0.2) is 0 Å². The van der Waals surface area contributed by atoms with Crippen molar-refractivity contribution in [1.29, 1.82) is 0 Å². The van der Waals surface area contributed by atoms with E-state index in [9.17, 15) is 0 Å². The maximum Gasteiger partial charge on any atom is 0.132 e. The Hall–Kier alpha value is -6.12. The smallest absolute Gasteiger partial charge is 0.132 e. The molecule has 3 heterocycles. The lowest BCUT2D eigenvalue weighted by molar-refractivity contribution is 0.434. The van der Waals surface area contributed by atoms with Crippen LogP contribution in [-0.2, 0) is 5.41 Å². The van der Waals surface area contributed by atoms with Crippen molar-refractivity contribution >= 4 is 43.4 Å². The number of rotatable bonds is 1. The van der Waals surface area contributed by atoms with E-state index in [1.165, 1.54) is 82.4 Å². The lowest BCUT2D eigenvalue weighted by Gasteiger charge is -2.45. The molecule has 9 aromatic rings. The van der Waals surface area contributed by atoms with Crippen molar-refractivity contribution in [3.05, 3.63) is 186 Å². The molecular weight excluding hydrogens is 571 g/mol. The molecular formula is C45H27NO. The van der Waals surface area contributed by atoms with Gasteiger partial charge in [0, 0.05) is 21.9 Å². The van der Waals surface area contributed by atoms with Crippen molar-refractivity contribution in [2.45, 2.75) is 5.41 Å². The SMILES string of the molecule is c1ccc2c(c1)Oc1ccc(-c3ccc4c(ccc5ccccc54)c3)cc1C21c2ccccc2-n2c3ccccc3c3cccc1c32. The molecule has 8 aromatic carbocycles. The molecule has 0 N–H and O–H groups in total. The van der Waals surface area contributed by atoms with Crippen LogP contribution in [0.4, 0.5) is 0 Å². The number of para-hydroxylation sites is 4. The van der Waals surface area contributed by atoms with Gasteiger partial charge in [0.2, 0.25) is 0 Å². The Morgan fingerprint density at radius 1 is 0.404 bits per heavy atom. The highest BCUT2D eigenvalue weighted by atomic mass is 16.5. The fourth-order valence-corrected chi connectivity index (χ4v) is 8.70. The minimum Gasteiger partial charge on any atom is -0.457 e. The summed E-state index contributed by atoms with van der Waals surface area (Å²) in [6.45, 7) is 0. The van der Waals surface area contributed by atoms with E-state index in [1.807, 2.05) is 0 Å². The molecule has 1 aromatic heterocycles. The average molecular weight is 598 g/mol. The maximum atomic E-state index is 6.77. The van der Waals surface area contributed by atoms with Crippen LogP contribution in [0.25, 0.3) is 60.2 Å². The molecule has 47 heavy (non-hydrogen) atoms. The number of ether oxygens (including phenoxy) is 1. The molecule has 0 bridgehead atoms. The van der Waals surface area contributed by atoms with E-state index in [1.54, 1.807) is 0 Å². The molecule has 11 rings (SSSR count). The summed E-state index contributed by atoms with van der Waals surface area (Å²) in [5, 5.41) is 7.62. The first-order valence-electron chi connectivity index (χ1n) is 16.3. The van der Waals surface area contributed by atoms with Gasteiger partial charge in [-0.1, -0.05) is 127 Å². The molecule has 2 aliphatic rings. The van der Waals surface area contributed by atoms with Gasteiger partial charge in [-0.25, -0.2) is 0 Å². The van der Waals surface area contributed by atoms with Crippen molar-refractivity contribution in [3.63, 3.8) is 0 Å². The van der Waals surface area contributed by atoms with Crippen LogP contribution in [0.15, 0.2) is 164 Å². The summed E-state index contributed by atoms with van der Waals surface area (Å²) in [6.07, 6.45) is 0. The molecule has 0 amide bonds. The lowest BCUT2D eigenvalue weighted by Crippen LogP contribution is -2.37. The van der Waals surface area contributed by atoms with Gasteiger partial charge in [-0.3, -0.25) is 0 Å². The largest absolute Gasteiger partial charge is 0.457 e. The molecule has 1 spiro atoms. The quantitative estimate of drug-likeness (QED) is 0.172. The third kappa shape index (κ3) is 3.15. The summed E-state index contributed by atoms with van der Waals surface area (Å²) in [5.41, 5.74) is 10.4. The van der Waals surface area contributed by atoms with E-state index in [2.05, 4.69) is 168 Å². The first-order valence-corrected chi connectivity index (χ1v) is 16.3. The predicted molar refractivity (Wildman–Crippen MR) is 193 cm³/mol. The van der Waals surface area contributed by atoms with Gasteiger partial charge in [0.25, 0.3) is 0 Å². The van der Waals surface area contributed by atoms with E-state index < -0.39 is 5.41 Å². The second kappa shape index (κ2) is 8.99. The Morgan fingerprint density at radius 3 is 2.02 bits per heavy atom. The maximum absolute atomic E-state index is 6.77. The third-order valence-corrected chi connectivity index (χ3v) is 10.6. The molecule has 0 fully saturated rings. The summed E-state index contributed by atoms with van der Waals surface area (Å²) >= 11 is 0. The lowest BCUT2D eigenvalue weighted by atomic mass is 9.61. The molecule has 2 heteroatoms. The fourth-order valence-electron chi connectivity index (χ4n) is 8.70. The van der Waals surface area contributed by atoms with Crippen molar-refractivity contribution in [2.24, 2.45) is 0 Å². The van der Waals surface area contributed by atoms with Gasteiger partial charge in [-0.2, -0.15) is 0 Å². The monoisotopic (exact) mass is 597 g/mol. The topological polar surface area (TPSA) is 14.2 Å². The molecule has 1 atom stereocenters. The molecule has 1 unspecified atom stereocenters. The van der Waals surface area contributed by atoms with E-state index in [-0.39, 0.29) is 0 Å². The van der Waals surface area contributed by atoms with Crippen LogP contribution in [0, 0.1) is 0 Å². The van der Waals surface area contributed by atoms with Gasteiger partial charge < -0.3 is 9.30 Å². The molecule has 0 saturated carbocycles. The summed E-state index contributed by atoms with van der Waals surface area (Å²) in [4.78, 5) is 0. The zero-order valence-electron chi connectivity index (χ0n) is 25.4. The highest BCUT2D eigenvalue weighted by Gasteiger charge is 2.50. The standard InChI is InChI=1S/C45H27NO/c1-2-11-32-28(10-1)20-21-31-26-29(22-24-33(31)32)30-23-25-43-39(27-30)45(37-15-5-8-19-42(37)47-43)36-14-4-7-18-41(36)46-40-17-6-3-12-34(40)35-13-9-16-38(45)44(35)46/h1-27H. The Morgan fingerprint density at radius 2 is 1.06 bits per heavy atom. The minimum absolute atomic E-state index is 0.576. The molecule has 218 valence electrons. The van der Waals surface area contributed by atoms with Crippen LogP contribution >= 0.6 is 0 Å². The van der Waals surface area contributed by atoms with Gasteiger partial charge in [-0.15, -0.1) is 0 Å². The Bertz CT molecular complexity index is 2790. The Balaban J connectivity index is 1.25. The van der Waals surface area contributed by atoms with Crippen molar-refractivity contribution < 1.29 is 4.74 Å². The van der Waals surface area contributed by atoms with E-state index in [0.717, 1.165) is 11.5 Å². The highest BCUT2D eigenvalue weighted by Crippen LogP contribution is 2.60. The molecule has 0 radical (unpaired) electrons. The van der Waals surface area contributed by atoms with Crippen LogP contribution < -0.4 is 4.74 Å². The van der Waals surface area contributed by atoms with Crippen LogP contribution in [0.1, 0.15) is 22.3 Å². The van der Waals surface area contributed by atoms with Gasteiger partial charge in [0.05, 0.1) is 22.1 Å². The van der Waals surface area contributed by atoms with Crippen molar-refractivity contribution in [3.8, 4) is 28.3 Å². The van der Waals surface area contributed by atoms with E-state index in [0.29, 0.717) is 0 Å². The van der Waals surface area contributed by atoms with Gasteiger partial charge in [-0.05, 0) is 80.2 Å². The van der Waals surface area contributed by atoms with E-state index in [4.69, 9.17) is 4.74 Å². The Labute approximate surface area is 271 Å². The first-order chi connectivity index (χ1) is 23.3. The summed E-state index contributed by atoms with van der Waals surface area (Å²) in [5.74, 6) is 1.80. The summed E-state index contributed by atoms with van der Waals surface area (Å²) in [7, 11) is 0. The number of fused-ring (bicyclic) bond motifs is 14. The zero-order chi connectivity index (χ0) is 30.7. The summed E-state index contributed by atoms with van der Waals surface area (Å²) < 4.78 is 9.25. The van der Waals surface area contributed by atoms with Gasteiger partial charge >= 0.3 is 0 Å². The number of nitrogens with zero attached hydrogens (tertiary/aromatic N) is 1. The molecule has 0 saturated heterocycles. The zero-order valence-corrected chi connectivity index (χ0v) is 25.4. The van der Waals surface area contributed by atoms with Crippen LogP contribution in [-0.4, -0.2) is 4.57 Å². The second-order valence-electron chi connectivity index (χ2n) is 12.9. The summed E-state index contributed by atoms with van der Waals surface area (Å²) in [6, 6.07) is 60.0. The van der Waals surface area contributed by atoms with Crippen LogP contribution in [0.2, 0.25) is 0 Å². The minimum atomic E-state index is -0.576. The molecule has 0 aliphatic carbocycles. The van der Waals surface area contributed by atoms with Crippen LogP contribution in [0.3, 0.4) is 0 Å². The highest BCUT2D eigenvalue weighted by molar-refractivity contribution is 6.12. The van der Waals surface area contributed by atoms with Crippen molar-refractivity contribution in [1.82, 2.24) is 4.57 Å². The Kier molecular flexibility index (Phi) is 4.80. The van der Waals surface area contributed by atoms with Gasteiger partial charge in [0.1, 0.15) is 11.5 Å². The second-order valence-corrected chi connectivity index (χ2v) is 12.9. The number of hydrogen-bond donors (Lipinski definition) is 0. The number of hydrogen-bond acceptors (Lipinski definition) is 1. The number of benzene rings is 8. The predicted octanol–water partition coefficient (Wildman–Crippen LogP) is 11.6. The molecule has 2 aliphatic heterocycles. The van der Waals surface area contributed by atoms with Crippen molar-refractivity contribution in [2.75, 3.05) is 0 Å². The fraction of sp³-hybridized carbons (Fsp3) is 0.0222.